The summed E-state index contributed by atoms with van der Waals surface area (Å²) < 4.78 is 30.8. The van der Waals surface area contributed by atoms with E-state index in [1.807, 2.05) is 0 Å². The van der Waals surface area contributed by atoms with Gasteiger partial charge in [0, 0.05) is 19.5 Å². The molecule has 20 heavy (non-hydrogen) atoms. The van der Waals surface area contributed by atoms with Gasteiger partial charge in [-0.2, -0.15) is 0 Å². The molecule has 0 radical (unpaired) electrons. The maximum absolute atomic E-state index is 13.1. The van der Waals surface area contributed by atoms with Gasteiger partial charge in [0.25, 0.3) is 5.92 Å². The van der Waals surface area contributed by atoms with Gasteiger partial charge in [-0.15, -0.1) is 12.4 Å². The predicted octanol–water partition coefficient (Wildman–Crippen LogP) is 0.817. The van der Waals surface area contributed by atoms with E-state index in [-0.39, 0.29) is 30.8 Å². The first-order valence-electron chi connectivity index (χ1n) is 6.26. The molecule has 0 aromatic heterocycles. The second kappa shape index (κ2) is 5.81. The Labute approximate surface area is 122 Å². The van der Waals surface area contributed by atoms with Crippen molar-refractivity contribution in [1.29, 1.82) is 0 Å². The molecule has 0 aromatic carbocycles. The minimum atomic E-state index is -2.83. The molecule has 0 saturated carbocycles. The number of hydrogen-bond acceptors (Lipinski definition) is 4. The zero-order valence-corrected chi connectivity index (χ0v) is 12.3. The van der Waals surface area contributed by atoms with Crippen LogP contribution >= 0.6 is 12.4 Å². The van der Waals surface area contributed by atoms with E-state index in [1.165, 1.54) is 12.0 Å². The predicted molar refractivity (Wildman–Crippen MR) is 69.9 cm³/mol. The highest BCUT2D eigenvalue weighted by molar-refractivity contribution is 5.85. The van der Waals surface area contributed by atoms with E-state index in [1.54, 1.807) is 6.92 Å². The third-order valence-electron chi connectivity index (χ3n) is 3.87. The third-order valence-corrected chi connectivity index (χ3v) is 3.87. The number of esters is 1. The number of rotatable bonds is 2. The van der Waals surface area contributed by atoms with E-state index >= 15 is 0 Å². The topological polar surface area (TPSA) is 58.6 Å². The molecular weight excluding hydrogens is 294 g/mol. The lowest BCUT2D eigenvalue weighted by molar-refractivity contribution is -0.151. The number of carbonyl (C=O) groups is 2. The van der Waals surface area contributed by atoms with Gasteiger partial charge in [-0.1, -0.05) is 0 Å². The van der Waals surface area contributed by atoms with Crippen LogP contribution in [0.25, 0.3) is 0 Å². The largest absolute Gasteiger partial charge is 0.469 e. The fraction of sp³-hybridized carbons (Fsp3) is 0.833. The summed E-state index contributed by atoms with van der Waals surface area (Å²) in [5.74, 6) is -3.55. The molecule has 5 nitrogen and oxygen atoms in total. The molecule has 2 rings (SSSR count). The Morgan fingerprint density at radius 3 is 2.55 bits per heavy atom. The van der Waals surface area contributed by atoms with Crippen LogP contribution in [0, 0.1) is 5.41 Å². The van der Waals surface area contributed by atoms with Crippen molar-refractivity contribution in [3.8, 4) is 0 Å². The number of ether oxygens (including phenoxy) is 1. The second-order valence-electron chi connectivity index (χ2n) is 5.56. The molecule has 2 aliphatic heterocycles. The molecule has 2 atom stereocenters. The van der Waals surface area contributed by atoms with Gasteiger partial charge in [0.15, 0.2) is 0 Å². The summed E-state index contributed by atoms with van der Waals surface area (Å²) in [6.45, 7) is 1.88. The number of halogens is 3. The lowest BCUT2D eigenvalue weighted by atomic mass is 9.90. The van der Waals surface area contributed by atoms with E-state index in [9.17, 15) is 18.4 Å². The first-order valence-corrected chi connectivity index (χ1v) is 6.26. The molecule has 116 valence electrons. The summed E-state index contributed by atoms with van der Waals surface area (Å²) in [5.41, 5.74) is -0.731. The molecule has 2 aliphatic rings. The van der Waals surface area contributed by atoms with Crippen LogP contribution in [0.3, 0.4) is 0 Å². The highest BCUT2D eigenvalue weighted by atomic mass is 35.5. The quantitative estimate of drug-likeness (QED) is 0.767. The highest BCUT2D eigenvalue weighted by Gasteiger charge is 2.48. The van der Waals surface area contributed by atoms with Gasteiger partial charge in [0.1, 0.15) is 0 Å². The first kappa shape index (κ1) is 17.1. The van der Waals surface area contributed by atoms with E-state index in [0.29, 0.717) is 13.0 Å². The normalized spacial score (nSPS) is 31.8. The van der Waals surface area contributed by atoms with Crippen LogP contribution in [-0.4, -0.2) is 55.5 Å². The summed E-state index contributed by atoms with van der Waals surface area (Å²) in [7, 11) is 1.30. The number of alkyl halides is 2. The Morgan fingerprint density at radius 2 is 2.05 bits per heavy atom. The number of amides is 1. The molecule has 0 bridgehead atoms. The standard InChI is InChI=1S/C12H18F2N2O3.ClH/c1-11(10(18)19-2)3-4-16(7-11)9(17)8-5-12(13,14)6-15-8;/h8,15H,3-7H2,1-2H3;1H. The number of methoxy groups -OCH3 is 1. The zero-order valence-electron chi connectivity index (χ0n) is 11.4. The van der Waals surface area contributed by atoms with Crippen LogP contribution in [0.15, 0.2) is 0 Å². The van der Waals surface area contributed by atoms with Crippen molar-refractivity contribution >= 4 is 24.3 Å². The van der Waals surface area contributed by atoms with Crippen LogP contribution in [-0.2, 0) is 14.3 Å². The summed E-state index contributed by atoms with van der Waals surface area (Å²) in [6.07, 6.45) is 0.0196. The highest BCUT2D eigenvalue weighted by Crippen LogP contribution is 2.33. The molecule has 0 spiro atoms. The molecule has 2 saturated heterocycles. The van der Waals surface area contributed by atoms with Crippen LogP contribution in [0.1, 0.15) is 19.8 Å². The van der Waals surface area contributed by atoms with Crippen molar-refractivity contribution in [3.63, 3.8) is 0 Å². The maximum Gasteiger partial charge on any atom is 0.313 e. The van der Waals surface area contributed by atoms with Crippen LogP contribution in [0.5, 0.6) is 0 Å². The summed E-state index contributed by atoms with van der Waals surface area (Å²) in [5, 5.41) is 2.54. The molecule has 2 unspecified atom stereocenters. The van der Waals surface area contributed by atoms with E-state index in [0.717, 1.165) is 0 Å². The summed E-state index contributed by atoms with van der Waals surface area (Å²) in [4.78, 5) is 25.2. The maximum atomic E-state index is 13.1. The Balaban J connectivity index is 0.00000200. The van der Waals surface area contributed by atoms with Crippen molar-refractivity contribution < 1.29 is 23.1 Å². The second-order valence-corrected chi connectivity index (χ2v) is 5.56. The number of carbonyl (C=O) groups excluding carboxylic acids is 2. The lowest BCUT2D eigenvalue weighted by Crippen LogP contribution is -2.44. The fourth-order valence-corrected chi connectivity index (χ4v) is 2.67. The lowest BCUT2D eigenvalue weighted by Gasteiger charge is -2.23. The molecule has 8 heteroatoms. The molecular formula is C12H19ClF2N2O3. The number of likely N-dealkylation sites (tertiary alicyclic amines) is 1. The zero-order chi connectivity index (χ0) is 14.3. The van der Waals surface area contributed by atoms with Crippen LogP contribution in [0.2, 0.25) is 0 Å². The molecule has 1 amide bonds. The third kappa shape index (κ3) is 3.20. The molecule has 2 heterocycles. The molecule has 0 aromatic rings. The average Bonchev–Trinajstić information content (AvgIpc) is 2.92. The Hall–Kier alpha value is -0.950. The summed E-state index contributed by atoms with van der Waals surface area (Å²) in [6, 6.07) is -0.852. The Kier molecular flexibility index (Phi) is 4.97. The number of nitrogens with one attached hydrogen (secondary N) is 1. The van der Waals surface area contributed by atoms with E-state index < -0.39 is 30.3 Å². The number of hydrogen-bond donors (Lipinski definition) is 1. The molecule has 1 N–H and O–H groups in total. The van der Waals surface area contributed by atoms with Gasteiger partial charge < -0.3 is 9.64 Å². The SMILES string of the molecule is COC(=O)C1(C)CCN(C(=O)C2CC(F)(F)CN2)C1.Cl. The van der Waals surface area contributed by atoms with E-state index in [2.05, 4.69) is 5.32 Å². The van der Waals surface area contributed by atoms with Crippen molar-refractivity contribution in [2.45, 2.75) is 31.7 Å². The Morgan fingerprint density at radius 1 is 1.40 bits per heavy atom. The minimum absolute atomic E-state index is 0. The average molecular weight is 313 g/mol. The summed E-state index contributed by atoms with van der Waals surface area (Å²) >= 11 is 0. The van der Waals surface area contributed by atoms with Gasteiger partial charge in [-0.3, -0.25) is 14.9 Å². The molecule has 0 aliphatic carbocycles. The smallest absolute Gasteiger partial charge is 0.313 e. The Bertz CT molecular complexity index is 408. The van der Waals surface area contributed by atoms with Gasteiger partial charge in [0.2, 0.25) is 5.91 Å². The van der Waals surface area contributed by atoms with Gasteiger partial charge in [0.05, 0.1) is 25.1 Å². The fourth-order valence-electron chi connectivity index (χ4n) is 2.67. The van der Waals surface area contributed by atoms with Crippen molar-refractivity contribution in [3.05, 3.63) is 0 Å². The minimum Gasteiger partial charge on any atom is -0.469 e. The van der Waals surface area contributed by atoms with Crippen molar-refractivity contribution in [2.75, 3.05) is 26.7 Å². The number of nitrogens with zero attached hydrogens (tertiary/aromatic N) is 1. The van der Waals surface area contributed by atoms with Crippen molar-refractivity contribution in [1.82, 2.24) is 10.2 Å². The van der Waals surface area contributed by atoms with E-state index in [4.69, 9.17) is 4.74 Å². The van der Waals surface area contributed by atoms with Gasteiger partial charge in [-0.25, -0.2) is 8.78 Å². The monoisotopic (exact) mass is 312 g/mol. The van der Waals surface area contributed by atoms with Gasteiger partial charge in [-0.05, 0) is 13.3 Å². The van der Waals surface area contributed by atoms with Crippen LogP contribution in [0.4, 0.5) is 8.78 Å². The van der Waals surface area contributed by atoms with Crippen molar-refractivity contribution in [2.24, 2.45) is 5.41 Å². The first-order chi connectivity index (χ1) is 8.77. The molecule has 2 fully saturated rings. The van der Waals surface area contributed by atoms with Gasteiger partial charge >= 0.3 is 5.97 Å². The van der Waals surface area contributed by atoms with Crippen LogP contribution < -0.4 is 5.32 Å².